The molecule has 5 nitrogen and oxygen atoms in total. The zero-order valence-corrected chi connectivity index (χ0v) is 12.8. The third-order valence-electron chi connectivity index (χ3n) is 4.22. The summed E-state index contributed by atoms with van der Waals surface area (Å²) in [6, 6.07) is 10.3. The summed E-state index contributed by atoms with van der Waals surface area (Å²) in [5, 5.41) is 8.51. The van der Waals surface area contributed by atoms with Crippen LogP contribution in [-0.2, 0) is 16.0 Å². The average molecular weight is 304 g/mol. The molecule has 0 saturated carbocycles. The molecule has 1 aromatic rings. The van der Waals surface area contributed by atoms with Gasteiger partial charge in [-0.25, -0.2) is 5.48 Å². The van der Waals surface area contributed by atoms with Gasteiger partial charge < -0.3 is 4.90 Å². The Morgan fingerprint density at radius 1 is 1.32 bits per heavy atom. The van der Waals surface area contributed by atoms with Gasteiger partial charge in [0, 0.05) is 25.4 Å². The van der Waals surface area contributed by atoms with E-state index in [0.29, 0.717) is 6.42 Å². The molecular formula is C17H24N2O3. The molecule has 120 valence electrons. The third-order valence-corrected chi connectivity index (χ3v) is 4.22. The van der Waals surface area contributed by atoms with Crippen molar-refractivity contribution in [3.8, 4) is 0 Å². The number of nitrogens with zero attached hydrogens (tertiary/aromatic N) is 1. The van der Waals surface area contributed by atoms with Gasteiger partial charge in [-0.3, -0.25) is 14.8 Å². The van der Waals surface area contributed by atoms with Gasteiger partial charge in [0.1, 0.15) is 0 Å². The maximum absolute atomic E-state index is 12.4. The normalized spacial score (nSPS) is 18.3. The second-order valence-electron chi connectivity index (χ2n) is 5.83. The summed E-state index contributed by atoms with van der Waals surface area (Å²) in [6.45, 7) is 1.59. The lowest BCUT2D eigenvalue weighted by atomic mass is 9.92. The molecule has 1 saturated heterocycles. The van der Waals surface area contributed by atoms with Crippen LogP contribution < -0.4 is 5.48 Å². The molecule has 1 heterocycles. The van der Waals surface area contributed by atoms with Crippen LogP contribution in [-0.4, -0.2) is 35.0 Å². The maximum Gasteiger partial charge on any atom is 0.243 e. The number of piperidine rings is 1. The van der Waals surface area contributed by atoms with Gasteiger partial charge in [0.05, 0.1) is 0 Å². The van der Waals surface area contributed by atoms with Crippen LogP contribution in [0.15, 0.2) is 30.3 Å². The summed E-state index contributed by atoms with van der Waals surface area (Å²) in [4.78, 5) is 25.4. The van der Waals surface area contributed by atoms with Crippen LogP contribution in [0.3, 0.4) is 0 Å². The van der Waals surface area contributed by atoms with E-state index in [1.54, 1.807) is 5.48 Å². The number of rotatable bonds is 7. The number of nitrogens with one attached hydrogen (secondary N) is 1. The molecule has 1 aliphatic rings. The third kappa shape index (κ3) is 4.84. The van der Waals surface area contributed by atoms with Crippen LogP contribution in [0.4, 0.5) is 0 Å². The summed E-state index contributed by atoms with van der Waals surface area (Å²) in [6.07, 6.45) is 4.47. The van der Waals surface area contributed by atoms with Crippen LogP contribution in [0.5, 0.6) is 0 Å². The van der Waals surface area contributed by atoms with Crippen LogP contribution in [0.2, 0.25) is 0 Å². The standard InChI is InChI=1S/C17H24N2O3/c20-16(18-22)11-10-15-9-5-13-19(17(15)21)12-4-8-14-6-2-1-3-7-14/h1-3,6-7,15,22H,4-5,8-13H2,(H,18,20). The average Bonchev–Trinajstić information content (AvgIpc) is 2.56. The minimum Gasteiger partial charge on any atom is -0.342 e. The molecule has 1 fully saturated rings. The van der Waals surface area contributed by atoms with Crippen molar-refractivity contribution in [1.29, 1.82) is 0 Å². The summed E-state index contributed by atoms with van der Waals surface area (Å²) in [5.74, 6) is -0.346. The zero-order valence-electron chi connectivity index (χ0n) is 12.8. The van der Waals surface area contributed by atoms with Crippen molar-refractivity contribution in [1.82, 2.24) is 10.4 Å². The fraction of sp³-hybridized carbons (Fsp3) is 0.529. The number of likely N-dealkylation sites (tertiary alicyclic amines) is 1. The molecular weight excluding hydrogens is 280 g/mol. The Kier molecular flexibility index (Phi) is 6.40. The number of aryl methyl sites for hydroxylation is 1. The lowest BCUT2D eigenvalue weighted by Gasteiger charge is -2.32. The van der Waals surface area contributed by atoms with Gasteiger partial charge in [-0.15, -0.1) is 0 Å². The number of hydrogen-bond acceptors (Lipinski definition) is 3. The van der Waals surface area contributed by atoms with E-state index >= 15 is 0 Å². The highest BCUT2D eigenvalue weighted by molar-refractivity contribution is 5.81. The molecule has 5 heteroatoms. The molecule has 1 unspecified atom stereocenters. The van der Waals surface area contributed by atoms with Gasteiger partial charge >= 0.3 is 0 Å². The summed E-state index contributed by atoms with van der Waals surface area (Å²) in [5.41, 5.74) is 2.91. The molecule has 1 atom stereocenters. The number of carbonyl (C=O) groups is 2. The molecule has 0 aliphatic carbocycles. The molecule has 0 aromatic heterocycles. The van der Waals surface area contributed by atoms with Crippen molar-refractivity contribution in [3.63, 3.8) is 0 Å². The van der Waals surface area contributed by atoms with E-state index in [1.807, 2.05) is 23.1 Å². The van der Waals surface area contributed by atoms with Crippen LogP contribution in [0.25, 0.3) is 0 Å². The van der Waals surface area contributed by atoms with E-state index in [-0.39, 0.29) is 18.2 Å². The van der Waals surface area contributed by atoms with Crippen LogP contribution >= 0.6 is 0 Å². The van der Waals surface area contributed by atoms with E-state index < -0.39 is 5.91 Å². The van der Waals surface area contributed by atoms with Crippen molar-refractivity contribution in [2.45, 2.75) is 38.5 Å². The highest BCUT2D eigenvalue weighted by Crippen LogP contribution is 2.22. The predicted molar refractivity (Wildman–Crippen MR) is 83.2 cm³/mol. The molecule has 22 heavy (non-hydrogen) atoms. The smallest absolute Gasteiger partial charge is 0.243 e. The highest BCUT2D eigenvalue weighted by atomic mass is 16.5. The number of carbonyl (C=O) groups excluding carboxylic acids is 2. The van der Waals surface area contributed by atoms with E-state index in [4.69, 9.17) is 5.21 Å². The molecule has 2 rings (SSSR count). The van der Waals surface area contributed by atoms with E-state index in [9.17, 15) is 9.59 Å². The van der Waals surface area contributed by atoms with Crippen molar-refractivity contribution >= 4 is 11.8 Å². The fourth-order valence-electron chi connectivity index (χ4n) is 2.99. The predicted octanol–water partition coefficient (Wildman–Crippen LogP) is 2.14. The lowest BCUT2D eigenvalue weighted by molar-refractivity contribution is -0.139. The molecule has 1 aliphatic heterocycles. The number of benzene rings is 1. The molecule has 2 N–H and O–H groups in total. The van der Waals surface area contributed by atoms with E-state index in [1.165, 1.54) is 5.56 Å². The van der Waals surface area contributed by atoms with E-state index in [0.717, 1.165) is 38.8 Å². The summed E-state index contributed by atoms with van der Waals surface area (Å²) < 4.78 is 0. The largest absolute Gasteiger partial charge is 0.342 e. The minimum atomic E-state index is -0.422. The van der Waals surface area contributed by atoms with Crippen molar-refractivity contribution in [3.05, 3.63) is 35.9 Å². The molecule has 1 aromatic carbocycles. The fourth-order valence-corrected chi connectivity index (χ4v) is 2.99. The van der Waals surface area contributed by atoms with Crippen LogP contribution in [0, 0.1) is 5.92 Å². The second-order valence-corrected chi connectivity index (χ2v) is 5.83. The Bertz CT molecular complexity index is 490. The first-order valence-corrected chi connectivity index (χ1v) is 7.96. The Labute approximate surface area is 131 Å². The highest BCUT2D eigenvalue weighted by Gasteiger charge is 2.28. The van der Waals surface area contributed by atoms with Gasteiger partial charge in [0.15, 0.2) is 0 Å². The summed E-state index contributed by atoms with van der Waals surface area (Å²) >= 11 is 0. The SMILES string of the molecule is O=C(CCC1CCCN(CCCc2ccccc2)C1=O)NO. The van der Waals surface area contributed by atoms with E-state index in [2.05, 4.69) is 12.1 Å². The first-order chi connectivity index (χ1) is 10.7. The quantitative estimate of drug-likeness (QED) is 0.599. The van der Waals surface area contributed by atoms with Crippen LogP contribution in [0.1, 0.15) is 37.7 Å². The van der Waals surface area contributed by atoms with Crippen molar-refractivity contribution in [2.75, 3.05) is 13.1 Å². The summed E-state index contributed by atoms with van der Waals surface area (Å²) in [7, 11) is 0. The maximum atomic E-state index is 12.4. The number of hydroxylamine groups is 1. The van der Waals surface area contributed by atoms with Gasteiger partial charge in [-0.05, 0) is 37.7 Å². The first-order valence-electron chi connectivity index (χ1n) is 7.96. The van der Waals surface area contributed by atoms with Gasteiger partial charge in [-0.2, -0.15) is 0 Å². The molecule has 0 bridgehead atoms. The molecule has 0 radical (unpaired) electrons. The number of amides is 2. The first kappa shape index (κ1) is 16.5. The van der Waals surface area contributed by atoms with Crippen molar-refractivity contribution in [2.24, 2.45) is 5.92 Å². The molecule has 0 spiro atoms. The number of hydrogen-bond donors (Lipinski definition) is 2. The van der Waals surface area contributed by atoms with Gasteiger partial charge in [0.25, 0.3) is 0 Å². The topological polar surface area (TPSA) is 69.6 Å². The lowest BCUT2D eigenvalue weighted by Crippen LogP contribution is -2.42. The second kappa shape index (κ2) is 8.54. The zero-order chi connectivity index (χ0) is 15.8. The Hall–Kier alpha value is -1.88. The van der Waals surface area contributed by atoms with Gasteiger partial charge in [0.2, 0.25) is 11.8 Å². The monoisotopic (exact) mass is 304 g/mol. The Balaban J connectivity index is 1.76. The minimum absolute atomic E-state index is 0.0808. The Morgan fingerprint density at radius 3 is 2.82 bits per heavy atom. The Morgan fingerprint density at radius 2 is 2.09 bits per heavy atom. The van der Waals surface area contributed by atoms with Crippen molar-refractivity contribution < 1.29 is 14.8 Å². The van der Waals surface area contributed by atoms with Gasteiger partial charge in [-0.1, -0.05) is 30.3 Å². The molecule has 2 amide bonds.